The normalized spacial score (nSPS) is 13.7. The highest BCUT2D eigenvalue weighted by Gasteiger charge is 2.32. The van der Waals surface area contributed by atoms with Crippen LogP contribution in [0.2, 0.25) is 15.1 Å². The molecular weight excluding hydrogens is 639 g/mol. The summed E-state index contributed by atoms with van der Waals surface area (Å²) in [6.07, 6.45) is 0. The molecule has 4 aromatic rings. The van der Waals surface area contributed by atoms with Crippen LogP contribution in [0.4, 0.5) is 0 Å². The van der Waals surface area contributed by atoms with Crippen molar-refractivity contribution in [3.63, 3.8) is 0 Å². The van der Waals surface area contributed by atoms with Gasteiger partial charge in [0.25, 0.3) is 0 Å². The van der Waals surface area contributed by atoms with Crippen molar-refractivity contribution in [1.82, 2.24) is 0 Å². The Labute approximate surface area is 275 Å². The fraction of sp³-hybridized carbons (Fsp3) is 0.176. The standard InChI is InChI=1S/C34H27Cl3N2O6/c1-3-41-31-13-20(5-11-29(31)43-17-21-4-6-22(35)14-28(21)37)33-25-9-7-24(15-30(25)45-34(39)26(33)16-38)44-32(40)18-42-23-8-10-27(36)19(2)12-23/h4-15,33H,3,17-18,39H2,1-2H3. The van der Waals surface area contributed by atoms with Gasteiger partial charge in [-0.1, -0.05) is 53.0 Å². The second-order valence-electron chi connectivity index (χ2n) is 9.96. The largest absolute Gasteiger partial charge is 0.490 e. The monoisotopic (exact) mass is 664 g/mol. The van der Waals surface area contributed by atoms with Gasteiger partial charge >= 0.3 is 5.97 Å². The van der Waals surface area contributed by atoms with Crippen LogP contribution in [0.5, 0.6) is 28.7 Å². The molecule has 8 nitrogen and oxygen atoms in total. The van der Waals surface area contributed by atoms with E-state index in [0.29, 0.717) is 50.2 Å². The van der Waals surface area contributed by atoms with Gasteiger partial charge in [0.05, 0.1) is 12.5 Å². The molecule has 0 radical (unpaired) electrons. The Hall–Kier alpha value is -4.55. The first-order chi connectivity index (χ1) is 21.7. The first-order valence-electron chi connectivity index (χ1n) is 13.8. The second kappa shape index (κ2) is 14.0. The molecule has 11 heteroatoms. The lowest BCUT2D eigenvalue weighted by atomic mass is 9.83. The molecule has 1 unspecified atom stereocenters. The summed E-state index contributed by atoms with van der Waals surface area (Å²) in [4.78, 5) is 12.5. The van der Waals surface area contributed by atoms with Crippen molar-refractivity contribution in [2.24, 2.45) is 5.73 Å². The van der Waals surface area contributed by atoms with E-state index in [9.17, 15) is 10.1 Å². The molecule has 4 aromatic carbocycles. The first kappa shape index (κ1) is 31.9. The zero-order chi connectivity index (χ0) is 32.1. The van der Waals surface area contributed by atoms with Crippen molar-refractivity contribution in [1.29, 1.82) is 5.26 Å². The zero-order valence-electron chi connectivity index (χ0n) is 24.2. The number of hydrogen-bond acceptors (Lipinski definition) is 8. The van der Waals surface area contributed by atoms with Crippen LogP contribution in [0.15, 0.2) is 84.3 Å². The molecule has 0 aromatic heterocycles. The average Bonchev–Trinajstić information content (AvgIpc) is 3.01. The highest BCUT2D eigenvalue weighted by atomic mass is 35.5. The summed E-state index contributed by atoms with van der Waals surface area (Å²) in [5.74, 6) is 0.762. The molecule has 230 valence electrons. The Morgan fingerprint density at radius 3 is 2.44 bits per heavy atom. The molecule has 0 amide bonds. The first-order valence-corrected chi connectivity index (χ1v) is 14.9. The Balaban J connectivity index is 1.37. The van der Waals surface area contributed by atoms with E-state index in [0.717, 1.165) is 16.7 Å². The minimum absolute atomic E-state index is 0.0596. The van der Waals surface area contributed by atoms with Crippen LogP contribution < -0.4 is 29.4 Å². The van der Waals surface area contributed by atoms with Crippen molar-refractivity contribution in [2.75, 3.05) is 13.2 Å². The average molecular weight is 666 g/mol. The quantitative estimate of drug-likeness (QED) is 0.133. The third-order valence-electron chi connectivity index (χ3n) is 6.91. The van der Waals surface area contributed by atoms with E-state index in [1.165, 1.54) is 0 Å². The van der Waals surface area contributed by atoms with E-state index in [1.54, 1.807) is 66.7 Å². The van der Waals surface area contributed by atoms with Crippen molar-refractivity contribution < 1.29 is 28.5 Å². The molecular formula is C34H27Cl3N2O6. The smallest absolute Gasteiger partial charge is 0.349 e. The molecule has 0 fully saturated rings. The van der Waals surface area contributed by atoms with Gasteiger partial charge in [-0.15, -0.1) is 0 Å². The molecule has 1 heterocycles. The van der Waals surface area contributed by atoms with Crippen molar-refractivity contribution in [3.05, 3.63) is 122 Å². The molecule has 5 rings (SSSR count). The Morgan fingerprint density at radius 2 is 1.71 bits per heavy atom. The molecule has 45 heavy (non-hydrogen) atoms. The van der Waals surface area contributed by atoms with Crippen molar-refractivity contribution >= 4 is 40.8 Å². The van der Waals surface area contributed by atoms with Crippen LogP contribution >= 0.6 is 34.8 Å². The summed E-state index contributed by atoms with van der Waals surface area (Å²) in [6, 6.07) is 22.7. The lowest BCUT2D eigenvalue weighted by molar-refractivity contribution is -0.136. The van der Waals surface area contributed by atoms with Crippen LogP contribution in [0.3, 0.4) is 0 Å². The van der Waals surface area contributed by atoms with Gasteiger partial charge in [0.2, 0.25) is 5.88 Å². The van der Waals surface area contributed by atoms with Gasteiger partial charge in [-0.2, -0.15) is 5.26 Å². The van der Waals surface area contributed by atoms with Gasteiger partial charge in [-0.3, -0.25) is 0 Å². The minimum Gasteiger partial charge on any atom is -0.490 e. The number of nitriles is 1. The highest BCUT2D eigenvalue weighted by molar-refractivity contribution is 6.35. The number of fused-ring (bicyclic) bond motifs is 1. The number of nitrogens with zero attached hydrogens (tertiary/aromatic N) is 1. The zero-order valence-corrected chi connectivity index (χ0v) is 26.5. The molecule has 0 bridgehead atoms. The predicted molar refractivity (Wildman–Crippen MR) is 171 cm³/mol. The summed E-state index contributed by atoms with van der Waals surface area (Å²) in [6.45, 7) is 3.95. The van der Waals surface area contributed by atoms with Crippen LogP contribution in [0, 0.1) is 18.3 Å². The molecule has 1 aliphatic heterocycles. The van der Waals surface area contributed by atoms with Gasteiger partial charge in [0.15, 0.2) is 18.1 Å². The fourth-order valence-electron chi connectivity index (χ4n) is 4.74. The summed E-state index contributed by atoms with van der Waals surface area (Å²) in [7, 11) is 0. The predicted octanol–water partition coefficient (Wildman–Crippen LogP) is 8.14. The molecule has 2 N–H and O–H groups in total. The SMILES string of the molecule is CCOc1cc(C2C(C#N)=C(N)Oc3cc(OC(=O)COc4ccc(Cl)c(C)c4)ccc32)ccc1OCc1ccc(Cl)cc1Cl. The minimum atomic E-state index is -0.618. The molecule has 0 saturated carbocycles. The summed E-state index contributed by atoms with van der Waals surface area (Å²) < 4.78 is 28.8. The van der Waals surface area contributed by atoms with Crippen LogP contribution in [0.25, 0.3) is 0 Å². The van der Waals surface area contributed by atoms with Crippen molar-refractivity contribution in [2.45, 2.75) is 26.4 Å². The van der Waals surface area contributed by atoms with Gasteiger partial charge < -0.3 is 29.4 Å². The van der Waals surface area contributed by atoms with E-state index < -0.39 is 11.9 Å². The number of ether oxygens (including phenoxy) is 5. The number of aryl methyl sites for hydroxylation is 1. The highest BCUT2D eigenvalue weighted by Crippen LogP contribution is 2.45. The molecule has 1 atom stereocenters. The van der Waals surface area contributed by atoms with E-state index in [1.807, 2.05) is 19.9 Å². The van der Waals surface area contributed by atoms with E-state index in [4.69, 9.17) is 64.2 Å². The maximum Gasteiger partial charge on any atom is 0.349 e. The second-order valence-corrected chi connectivity index (χ2v) is 11.2. The number of carbonyl (C=O) groups excluding carboxylic acids is 1. The third-order valence-corrected chi connectivity index (χ3v) is 7.92. The topological polar surface area (TPSA) is 113 Å². The summed E-state index contributed by atoms with van der Waals surface area (Å²) >= 11 is 18.4. The number of rotatable bonds is 10. The number of esters is 1. The Kier molecular flexibility index (Phi) is 9.94. The number of carbonyl (C=O) groups is 1. The molecule has 1 aliphatic rings. The van der Waals surface area contributed by atoms with Crippen LogP contribution in [-0.2, 0) is 11.4 Å². The summed E-state index contributed by atoms with van der Waals surface area (Å²) in [5.41, 5.74) is 9.38. The van der Waals surface area contributed by atoms with Gasteiger partial charge in [0, 0.05) is 32.3 Å². The number of allylic oxidation sites excluding steroid dienone is 1. The lowest BCUT2D eigenvalue weighted by Crippen LogP contribution is -2.22. The molecule has 0 saturated heterocycles. The van der Waals surface area contributed by atoms with E-state index in [-0.39, 0.29) is 30.4 Å². The fourth-order valence-corrected chi connectivity index (χ4v) is 5.32. The van der Waals surface area contributed by atoms with Gasteiger partial charge in [-0.25, -0.2) is 4.79 Å². The summed E-state index contributed by atoms with van der Waals surface area (Å²) in [5, 5.41) is 11.6. The number of halogens is 3. The van der Waals surface area contributed by atoms with Crippen LogP contribution in [-0.4, -0.2) is 19.2 Å². The van der Waals surface area contributed by atoms with Crippen molar-refractivity contribution in [3.8, 4) is 34.8 Å². The number of nitrogens with two attached hydrogens (primary N) is 1. The van der Waals surface area contributed by atoms with E-state index >= 15 is 0 Å². The third kappa shape index (κ3) is 7.40. The van der Waals surface area contributed by atoms with Gasteiger partial charge in [-0.05, 0) is 73.5 Å². The Bertz CT molecular complexity index is 1840. The van der Waals surface area contributed by atoms with Gasteiger partial charge in [0.1, 0.15) is 35.5 Å². The lowest BCUT2D eigenvalue weighted by Gasteiger charge is -2.27. The van der Waals surface area contributed by atoms with E-state index in [2.05, 4.69) is 6.07 Å². The number of benzene rings is 4. The maximum absolute atomic E-state index is 12.5. The Morgan fingerprint density at radius 1 is 0.911 bits per heavy atom. The molecule has 0 aliphatic carbocycles. The van der Waals surface area contributed by atoms with Crippen LogP contribution in [0.1, 0.15) is 35.1 Å². The maximum atomic E-state index is 12.5. The molecule has 0 spiro atoms. The number of hydrogen-bond donors (Lipinski definition) is 1.